The van der Waals surface area contributed by atoms with Crippen molar-refractivity contribution >= 4 is 17.7 Å². The van der Waals surface area contributed by atoms with Crippen LogP contribution in [0.4, 0.5) is 19.3 Å². The molecule has 19 heavy (non-hydrogen) atoms. The summed E-state index contributed by atoms with van der Waals surface area (Å²) in [7, 11) is 0. The SMILES string of the molecule is CC(C)(C)OC(=O)Nc1cc(C(N)=O)c(F)cc1F. The van der Waals surface area contributed by atoms with Crippen molar-refractivity contribution in [2.24, 2.45) is 5.73 Å². The lowest BCUT2D eigenvalue weighted by atomic mass is 10.1. The van der Waals surface area contributed by atoms with E-state index in [0.29, 0.717) is 6.07 Å². The van der Waals surface area contributed by atoms with Gasteiger partial charge in [-0.2, -0.15) is 0 Å². The summed E-state index contributed by atoms with van der Waals surface area (Å²) in [6.45, 7) is 4.88. The molecule has 0 saturated carbocycles. The molecule has 5 nitrogen and oxygen atoms in total. The molecule has 0 aliphatic carbocycles. The summed E-state index contributed by atoms with van der Waals surface area (Å²) < 4.78 is 31.5. The Balaban J connectivity index is 2.99. The van der Waals surface area contributed by atoms with Crippen LogP contribution in [0.2, 0.25) is 0 Å². The zero-order valence-electron chi connectivity index (χ0n) is 10.7. The molecule has 1 aromatic carbocycles. The summed E-state index contributed by atoms with van der Waals surface area (Å²) in [6, 6.07) is 1.28. The van der Waals surface area contributed by atoms with Gasteiger partial charge in [-0.15, -0.1) is 0 Å². The molecule has 0 bridgehead atoms. The maximum atomic E-state index is 13.4. The lowest BCUT2D eigenvalue weighted by molar-refractivity contribution is 0.0634. The fourth-order valence-corrected chi connectivity index (χ4v) is 1.25. The van der Waals surface area contributed by atoms with E-state index >= 15 is 0 Å². The van der Waals surface area contributed by atoms with E-state index in [1.807, 2.05) is 0 Å². The number of nitrogens with one attached hydrogen (secondary N) is 1. The largest absolute Gasteiger partial charge is 0.444 e. The molecule has 7 heteroatoms. The van der Waals surface area contributed by atoms with Gasteiger partial charge in [0, 0.05) is 6.07 Å². The molecule has 0 atom stereocenters. The lowest BCUT2D eigenvalue weighted by Gasteiger charge is -2.20. The van der Waals surface area contributed by atoms with Gasteiger partial charge in [-0.1, -0.05) is 0 Å². The van der Waals surface area contributed by atoms with E-state index in [9.17, 15) is 18.4 Å². The number of hydrogen-bond donors (Lipinski definition) is 2. The third kappa shape index (κ3) is 4.20. The molecular formula is C12H14F2N2O3. The van der Waals surface area contributed by atoms with Crippen LogP contribution in [-0.4, -0.2) is 17.6 Å². The first kappa shape index (κ1) is 14.9. The lowest BCUT2D eigenvalue weighted by Crippen LogP contribution is -2.27. The Morgan fingerprint density at radius 1 is 1.21 bits per heavy atom. The molecule has 0 aromatic heterocycles. The van der Waals surface area contributed by atoms with Crippen molar-refractivity contribution in [1.82, 2.24) is 0 Å². The average Bonchev–Trinajstić information content (AvgIpc) is 2.18. The van der Waals surface area contributed by atoms with E-state index in [1.165, 1.54) is 0 Å². The summed E-state index contributed by atoms with van der Waals surface area (Å²) in [5.74, 6) is -3.20. The highest BCUT2D eigenvalue weighted by Gasteiger charge is 2.19. The van der Waals surface area contributed by atoms with Gasteiger partial charge in [-0.3, -0.25) is 10.1 Å². The Labute approximate surface area is 108 Å². The van der Waals surface area contributed by atoms with Crippen LogP contribution < -0.4 is 11.1 Å². The van der Waals surface area contributed by atoms with Gasteiger partial charge in [-0.25, -0.2) is 13.6 Å². The predicted molar refractivity (Wildman–Crippen MR) is 64.7 cm³/mol. The van der Waals surface area contributed by atoms with E-state index in [2.05, 4.69) is 5.32 Å². The smallest absolute Gasteiger partial charge is 0.412 e. The number of ether oxygens (including phenoxy) is 1. The third-order valence-corrected chi connectivity index (χ3v) is 1.96. The van der Waals surface area contributed by atoms with Crippen molar-refractivity contribution in [3.63, 3.8) is 0 Å². The van der Waals surface area contributed by atoms with Gasteiger partial charge in [-0.05, 0) is 26.8 Å². The standard InChI is InChI=1S/C12H14F2N2O3/c1-12(2,3)19-11(18)16-9-4-6(10(15)17)7(13)5-8(9)14/h4-5H,1-3H3,(H2,15,17)(H,16,18). The molecule has 0 fully saturated rings. The van der Waals surface area contributed by atoms with E-state index < -0.39 is 34.8 Å². The van der Waals surface area contributed by atoms with Crippen molar-refractivity contribution in [1.29, 1.82) is 0 Å². The van der Waals surface area contributed by atoms with Crippen LogP contribution >= 0.6 is 0 Å². The number of amides is 2. The number of benzene rings is 1. The number of nitrogens with two attached hydrogens (primary N) is 1. The topological polar surface area (TPSA) is 81.4 Å². The maximum Gasteiger partial charge on any atom is 0.412 e. The van der Waals surface area contributed by atoms with Crippen molar-refractivity contribution in [3.05, 3.63) is 29.3 Å². The van der Waals surface area contributed by atoms with E-state index in [-0.39, 0.29) is 5.69 Å². The summed E-state index contributed by atoms with van der Waals surface area (Å²) in [4.78, 5) is 22.4. The minimum absolute atomic E-state index is 0.385. The van der Waals surface area contributed by atoms with Gasteiger partial charge in [0.2, 0.25) is 0 Å². The van der Waals surface area contributed by atoms with Gasteiger partial charge in [0.15, 0.2) is 0 Å². The zero-order chi connectivity index (χ0) is 14.8. The van der Waals surface area contributed by atoms with Crippen molar-refractivity contribution in [2.45, 2.75) is 26.4 Å². The average molecular weight is 272 g/mol. The molecule has 0 spiro atoms. The van der Waals surface area contributed by atoms with Crippen LogP contribution in [0.25, 0.3) is 0 Å². The molecule has 1 aromatic rings. The number of anilines is 1. The highest BCUT2D eigenvalue weighted by atomic mass is 19.1. The van der Waals surface area contributed by atoms with Crippen molar-refractivity contribution < 1.29 is 23.1 Å². The fraction of sp³-hybridized carbons (Fsp3) is 0.333. The quantitative estimate of drug-likeness (QED) is 0.867. The van der Waals surface area contributed by atoms with Crippen LogP contribution in [0.15, 0.2) is 12.1 Å². The molecule has 0 radical (unpaired) electrons. The van der Waals surface area contributed by atoms with Crippen LogP contribution in [0, 0.1) is 11.6 Å². The summed E-state index contributed by atoms with van der Waals surface area (Å²) in [5.41, 5.74) is 3.24. The first-order valence-corrected chi connectivity index (χ1v) is 5.39. The number of carbonyl (C=O) groups excluding carboxylic acids is 2. The predicted octanol–water partition coefficient (Wildman–Crippen LogP) is 2.41. The van der Waals surface area contributed by atoms with Gasteiger partial charge in [0.1, 0.15) is 17.2 Å². The van der Waals surface area contributed by atoms with Gasteiger partial charge >= 0.3 is 6.09 Å². The Bertz CT molecular complexity index is 524. The third-order valence-electron chi connectivity index (χ3n) is 1.96. The molecule has 104 valence electrons. The molecule has 0 heterocycles. The van der Waals surface area contributed by atoms with Crippen LogP contribution in [0.3, 0.4) is 0 Å². The number of halogens is 2. The highest BCUT2D eigenvalue weighted by molar-refractivity contribution is 5.95. The van der Waals surface area contributed by atoms with Gasteiger partial charge in [0.25, 0.3) is 5.91 Å². The number of primary amides is 1. The van der Waals surface area contributed by atoms with Gasteiger partial charge < -0.3 is 10.5 Å². The molecule has 1 rings (SSSR count). The Morgan fingerprint density at radius 2 is 1.79 bits per heavy atom. The van der Waals surface area contributed by atoms with E-state index in [4.69, 9.17) is 10.5 Å². The molecule has 0 saturated heterocycles. The number of rotatable bonds is 2. The first-order chi connectivity index (χ1) is 8.60. The van der Waals surface area contributed by atoms with Crippen LogP contribution in [0.5, 0.6) is 0 Å². The highest BCUT2D eigenvalue weighted by Crippen LogP contribution is 2.20. The van der Waals surface area contributed by atoms with Crippen LogP contribution in [0.1, 0.15) is 31.1 Å². The summed E-state index contributed by atoms with van der Waals surface area (Å²) in [5, 5.41) is 2.08. The summed E-state index contributed by atoms with van der Waals surface area (Å²) >= 11 is 0. The second-order valence-corrected chi connectivity index (χ2v) is 4.80. The Morgan fingerprint density at radius 3 is 2.26 bits per heavy atom. The fourth-order valence-electron chi connectivity index (χ4n) is 1.25. The Hall–Kier alpha value is -2.18. The van der Waals surface area contributed by atoms with E-state index in [0.717, 1.165) is 6.07 Å². The van der Waals surface area contributed by atoms with Crippen LogP contribution in [-0.2, 0) is 4.74 Å². The van der Waals surface area contributed by atoms with Crippen molar-refractivity contribution in [2.75, 3.05) is 5.32 Å². The normalized spacial score (nSPS) is 11.0. The first-order valence-electron chi connectivity index (χ1n) is 5.39. The second kappa shape index (κ2) is 5.21. The minimum atomic E-state index is -1.10. The molecule has 0 aliphatic rings. The molecular weight excluding hydrogens is 258 g/mol. The molecule has 2 amide bonds. The van der Waals surface area contributed by atoms with Crippen molar-refractivity contribution in [3.8, 4) is 0 Å². The zero-order valence-corrected chi connectivity index (χ0v) is 10.7. The minimum Gasteiger partial charge on any atom is -0.444 e. The van der Waals surface area contributed by atoms with E-state index in [1.54, 1.807) is 20.8 Å². The number of carbonyl (C=O) groups is 2. The monoisotopic (exact) mass is 272 g/mol. The number of hydrogen-bond acceptors (Lipinski definition) is 3. The van der Waals surface area contributed by atoms with Gasteiger partial charge in [0.05, 0.1) is 11.3 Å². The Kier molecular flexibility index (Phi) is 4.08. The second-order valence-electron chi connectivity index (χ2n) is 4.80. The maximum absolute atomic E-state index is 13.4. The molecule has 3 N–H and O–H groups in total. The molecule has 0 aliphatic heterocycles. The summed E-state index contributed by atoms with van der Waals surface area (Å²) in [6.07, 6.45) is -0.923. The molecule has 0 unspecified atom stereocenters.